The van der Waals surface area contributed by atoms with Gasteiger partial charge in [0.05, 0.1) is 12.3 Å². The summed E-state index contributed by atoms with van der Waals surface area (Å²) in [4.78, 5) is 0. The molecule has 21 heavy (non-hydrogen) atoms. The zero-order valence-electron chi connectivity index (χ0n) is 12.6. The molecule has 0 aromatic heterocycles. The fraction of sp³-hybridized carbons (Fsp3) is 0.667. The van der Waals surface area contributed by atoms with Gasteiger partial charge in [-0.15, -0.1) is 0 Å². The fourth-order valence-electron chi connectivity index (χ4n) is 5.32. The summed E-state index contributed by atoms with van der Waals surface area (Å²) in [5.74, 6) is 4.12. The van der Waals surface area contributed by atoms with Crippen LogP contribution in [0.2, 0.25) is 0 Å². The van der Waals surface area contributed by atoms with Gasteiger partial charge in [-0.25, -0.2) is 4.39 Å². The number of halogens is 1. The van der Waals surface area contributed by atoms with E-state index in [0.29, 0.717) is 18.4 Å². The lowest BCUT2D eigenvalue weighted by Gasteiger charge is -2.33. The molecule has 1 aromatic rings. The zero-order valence-corrected chi connectivity index (χ0v) is 12.6. The SMILES string of the molecule is CCOc1cc(F)ccc1NC1CC2CC1C1CCCC21. The van der Waals surface area contributed by atoms with Crippen LogP contribution in [0.5, 0.6) is 5.75 Å². The predicted molar refractivity (Wildman–Crippen MR) is 82.0 cm³/mol. The lowest BCUT2D eigenvalue weighted by atomic mass is 9.79. The van der Waals surface area contributed by atoms with E-state index in [2.05, 4.69) is 5.32 Å². The summed E-state index contributed by atoms with van der Waals surface area (Å²) in [5.41, 5.74) is 0.963. The summed E-state index contributed by atoms with van der Waals surface area (Å²) in [5, 5.41) is 3.67. The first-order chi connectivity index (χ1) is 10.3. The lowest BCUT2D eigenvalue weighted by Crippen LogP contribution is -2.34. The van der Waals surface area contributed by atoms with Crippen LogP contribution in [-0.2, 0) is 0 Å². The molecule has 0 aliphatic heterocycles. The Labute approximate surface area is 126 Å². The van der Waals surface area contributed by atoms with E-state index >= 15 is 0 Å². The van der Waals surface area contributed by atoms with Crippen molar-refractivity contribution in [2.45, 2.75) is 45.1 Å². The molecule has 1 aromatic carbocycles. The molecule has 0 spiro atoms. The number of hydrogen-bond acceptors (Lipinski definition) is 2. The number of fused-ring (bicyclic) bond motifs is 5. The molecule has 114 valence electrons. The molecule has 5 unspecified atom stereocenters. The second-order valence-corrected chi connectivity index (χ2v) is 6.98. The minimum Gasteiger partial charge on any atom is -0.492 e. The highest BCUT2D eigenvalue weighted by molar-refractivity contribution is 5.57. The molecular formula is C18H24FNO. The number of ether oxygens (including phenoxy) is 1. The van der Waals surface area contributed by atoms with Crippen molar-refractivity contribution in [3.05, 3.63) is 24.0 Å². The minimum atomic E-state index is -0.229. The maximum Gasteiger partial charge on any atom is 0.145 e. The normalized spacial score (nSPS) is 36.8. The summed E-state index contributed by atoms with van der Waals surface area (Å²) in [6, 6.07) is 5.41. The topological polar surface area (TPSA) is 21.3 Å². The van der Waals surface area contributed by atoms with Gasteiger partial charge in [0.2, 0.25) is 0 Å². The van der Waals surface area contributed by atoms with Gasteiger partial charge in [0.25, 0.3) is 0 Å². The molecule has 3 heteroatoms. The highest BCUT2D eigenvalue weighted by Crippen LogP contribution is 2.59. The highest BCUT2D eigenvalue weighted by atomic mass is 19.1. The number of benzene rings is 1. The average Bonchev–Trinajstić information content (AvgIpc) is 3.14. The maximum absolute atomic E-state index is 13.4. The monoisotopic (exact) mass is 289 g/mol. The Kier molecular flexibility index (Phi) is 3.31. The van der Waals surface area contributed by atoms with Gasteiger partial charge in [-0.2, -0.15) is 0 Å². The van der Waals surface area contributed by atoms with Gasteiger partial charge in [0.1, 0.15) is 11.6 Å². The van der Waals surface area contributed by atoms with Crippen LogP contribution < -0.4 is 10.1 Å². The maximum atomic E-state index is 13.4. The van der Waals surface area contributed by atoms with Crippen LogP contribution in [0, 0.1) is 29.5 Å². The lowest BCUT2D eigenvalue weighted by molar-refractivity contribution is 0.242. The first-order valence-corrected chi connectivity index (χ1v) is 8.45. The average molecular weight is 289 g/mol. The van der Waals surface area contributed by atoms with E-state index in [9.17, 15) is 4.39 Å². The molecule has 3 fully saturated rings. The van der Waals surface area contributed by atoms with Gasteiger partial charge in [-0.3, -0.25) is 0 Å². The molecule has 3 saturated carbocycles. The Morgan fingerprint density at radius 1 is 1.19 bits per heavy atom. The predicted octanol–water partition coefficient (Wildman–Crippen LogP) is 4.46. The van der Waals surface area contributed by atoms with Crippen molar-refractivity contribution in [3.63, 3.8) is 0 Å². The second kappa shape index (κ2) is 5.19. The van der Waals surface area contributed by atoms with E-state index in [1.54, 1.807) is 0 Å². The second-order valence-electron chi connectivity index (χ2n) is 6.98. The van der Waals surface area contributed by atoms with Gasteiger partial charge in [0, 0.05) is 12.1 Å². The molecule has 2 bridgehead atoms. The van der Waals surface area contributed by atoms with Gasteiger partial charge < -0.3 is 10.1 Å². The van der Waals surface area contributed by atoms with E-state index in [4.69, 9.17) is 4.74 Å². The summed E-state index contributed by atoms with van der Waals surface area (Å²) >= 11 is 0. The summed E-state index contributed by atoms with van der Waals surface area (Å²) < 4.78 is 19.0. The van der Waals surface area contributed by atoms with Crippen LogP contribution in [0.4, 0.5) is 10.1 Å². The number of hydrogen-bond donors (Lipinski definition) is 1. The summed E-state index contributed by atoms with van der Waals surface area (Å²) in [7, 11) is 0. The Morgan fingerprint density at radius 3 is 2.90 bits per heavy atom. The quantitative estimate of drug-likeness (QED) is 0.883. The molecule has 5 atom stereocenters. The van der Waals surface area contributed by atoms with Crippen LogP contribution in [0.3, 0.4) is 0 Å². The molecule has 0 radical (unpaired) electrons. The van der Waals surface area contributed by atoms with Crippen LogP contribution in [0.1, 0.15) is 39.0 Å². The van der Waals surface area contributed by atoms with Crippen molar-refractivity contribution in [1.82, 2.24) is 0 Å². The Balaban J connectivity index is 1.52. The van der Waals surface area contributed by atoms with Gasteiger partial charge >= 0.3 is 0 Å². The van der Waals surface area contributed by atoms with Gasteiger partial charge in [-0.1, -0.05) is 6.42 Å². The molecule has 3 aliphatic carbocycles. The molecule has 0 heterocycles. The molecule has 3 aliphatic rings. The smallest absolute Gasteiger partial charge is 0.145 e. The van der Waals surface area contributed by atoms with Crippen molar-refractivity contribution < 1.29 is 9.13 Å². The van der Waals surface area contributed by atoms with Crippen molar-refractivity contribution in [1.29, 1.82) is 0 Å². The Morgan fingerprint density at radius 2 is 2.05 bits per heavy atom. The van der Waals surface area contributed by atoms with Crippen LogP contribution in [0.15, 0.2) is 18.2 Å². The molecule has 4 rings (SSSR count). The molecule has 2 nitrogen and oxygen atoms in total. The third-order valence-corrected chi connectivity index (χ3v) is 6.01. The summed E-state index contributed by atoms with van der Waals surface area (Å²) in [6.07, 6.45) is 6.99. The zero-order chi connectivity index (χ0) is 14.4. The van der Waals surface area contributed by atoms with Crippen LogP contribution in [-0.4, -0.2) is 12.6 Å². The van der Waals surface area contributed by atoms with Crippen molar-refractivity contribution in [3.8, 4) is 5.75 Å². The molecule has 0 saturated heterocycles. The molecular weight excluding hydrogens is 265 g/mol. The largest absolute Gasteiger partial charge is 0.492 e. The van der Waals surface area contributed by atoms with Gasteiger partial charge in [-0.05, 0) is 68.4 Å². The third kappa shape index (κ3) is 2.21. The van der Waals surface area contributed by atoms with Crippen molar-refractivity contribution in [2.75, 3.05) is 11.9 Å². The highest BCUT2D eigenvalue weighted by Gasteiger charge is 2.53. The Bertz CT molecular complexity index is 532. The standard InChI is InChI=1S/C18H24FNO/c1-2-21-18-10-12(19)6-7-16(18)20-17-9-11-8-15(17)14-5-3-4-13(11)14/h6-7,10-11,13-15,17,20H,2-5,8-9H2,1H3. The first kappa shape index (κ1) is 13.4. The first-order valence-electron chi connectivity index (χ1n) is 8.45. The van der Waals surface area contributed by atoms with Crippen molar-refractivity contribution >= 4 is 5.69 Å². The summed E-state index contributed by atoms with van der Waals surface area (Å²) in [6.45, 7) is 2.51. The van der Waals surface area contributed by atoms with Gasteiger partial charge in [0.15, 0.2) is 0 Å². The number of rotatable bonds is 4. The fourth-order valence-corrected chi connectivity index (χ4v) is 5.32. The number of anilines is 1. The van der Waals surface area contributed by atoms with E-state index < -0.39 is 0 Å². The van der Waals surface area contributed by atoms with E-state index in [0.717, 1.165) is 29.4 Å². The van der Waals surface area contributed by atoms with E-state index in [1.807, 2.05) is 13.0 Å². The minimum absolute atomic E-state index is 0.229. The van der Waals surface area contributed by atoms with E-state index in [-0.39, 0.29) is 5.82 Å². The Hall–Kier alpha value is -1.25. The van der Waals surface area contributed by atoms with Crippen LogP contribution >= 0.6 is 0 Å². The van der Waals surface area contributed by atoms with Crippen LogP contribution in [0.25, 0.3) is 0 Å². The number of nitrogens with one attached hydrogen (secondary N) is 1. The van der Waals surface area contributed by atoms with E-state index in [1.165, 1.54) is 44.2 Å². The molecule has 1 N–H and O–H groups in total. The van der Waals surface area contributed by atoms with Crippen molar-refractivity contribution in [2.24, 2.45) is 23.7 Å². The third-order valence-electron chi connectivity index (χ3n) is 6.01. The molecule has 0 amide bonds.